The molecule has 1 aromatic carbocycles. The molecule has 0 bridgehead atoms. The molecule has 1 unspecified atom stereocenters. The number of benzene rings is 1. The van der Waals surface area contributed by atoms with Crippen LogP contribution >= 0.6 is 11.6 Å². The monoisotopic (exact) mass is 225 g/mol. The average molecular weight is 226 g/mol. The summed E-state index contributed by atoms with van der Waals surface area (Å²) in [4.78, 5) is 0. The van der Waals surface area contributed by atoms with E-state index in [9.17, 15) is 5.11 Å². The van der Waals surface area contributed by atoms with Crippen LogP contribution in [0.4, 0.5) is 5.69 Å². The fourth-order valence-corrected chi connectivity index (χ4v) is 1.99. The first-order valence-electron chi connectivity index (χ1n) is 5.40. The minimum absolute atomic E-state index is 0.442. The van der Waals surface area contributed by atoms with Gasteiger partial charge < -0.3 is 10.8 Å². The first kappa shape index (κ1) is 10.8. The number of aliphatic hydroxyl groups excluding tert-OH is 1. The molecule has 3 heteroatoms. The Bertz CT molecular complexity index is 349. The van der Waals surface area contributed by atoms with Crippen molar-refractivity contribution >= 4 is 17.3 Å². The molecule has 0 radical (unpaired) electrons. The molecule has 0 aliphatic heterocycles. The molecular weight excluding hydrogens is 210 g/mol. The maximum absolute atomic E-state index is 9.95. The van der Waals surface area contributed by atoms with Gasteiger partial charge in [0.15, 0.2) is 0 Å². The number of halogens is 1. The van der Waals surface area contributed by atoms with E-state index >= 15 is 0 Å². The number of aliphatic hydroxyl groups is 1. The molecule has 3 N–H and O–H groups in total. The average Bonchev–Trinajstić information content (AvgIpc) is 2.97. The number of nitrogen functional groups attached to an aromatic ring is 1. The first-order valence-corrected chi connectivity index (χ1v) is 5.77. The molecule has 82 valence electrons. The minimum atomic E-state index is -0.442. The summed E-state index contributed by atoms with van der Waals surface area (Å²) in [5, 5.41) is 10.6. The van der Waals surface area contributed by atoms with Crippen LogP contribution in [0.3, 0.4) is 0 Å². The molecule has 2 rings (SSSR count). The van der Waals surface area contributed by atoms with E-state index in [1.165, 1.54) is 12.8 Å². The molecule has 0 saturated heterocycles. The van der Waals surface area contributed by atoms with Crippen LogP contribution in [-0.4, -0.2) is 5.11 Å². The summed E-state index contributed by atoms with van der Waals surface area (Å²) in [6.45, 7) is 0. The highest BCUT2D eigenvalue weighted by molar-refractivity contribution is 6.30. The Morgan fingerprint density at radius 1 is 1.47 bits per heavy atom. The van der Waals surface area contributed by atoms with Gasteiger partial charge in [0.1, 0.15) is 0 Å². The zero-order valence-corrected chi connectivity index (χ0v) is 9.37. The van der Waals surface area contributed by atoms with E-state index in [1.807, 2.05) is 6.07 Å². The van der Waals surface area contributed by atoms with Gasteiger partial charge in [-0.25, -0.2) is 0 Å². The molecule has 2 nitrogen and oxygen atoms in total. The molecule has 15 heavy (non-hydrogen) atoms. The maximum atomic E-state index is 9.95. The molecule has 0 heterocycles. The van der Waals surface area contributed by atoms with Crippen LogP contribution in [0.1, 0.15) is 37.4 Å². The summed E-state index contributed by atoms with van der Waals surface area (Å²) >= 11 is 5.80. The van der Waals surface area contributed by atoms with E-state index in [-0.39, 0.29) is 0 Å². The summed E-state index contributed by atoms with van der Waals surface area (Å²) in [6.07, 6.45) is 4.11. The Labute approximate surface area is 95.1 Å². The van der Waals surface area contributed by atoms with Crippen molar-refractivity contribution in [1.82, 2.24) is 0 Å². The molecule has 1 atom stereocenters. The highest BCUT2D eigenvalue weighted by Crippen LogP contribution is 2.36. The van der Waals surface area contributed by atoms with E-state index in [0.29, 0.717) is 10.7 Å². The zero-order valence-electron chi connectivity index (χ0n) is 8.62. The third kappa shape index (κ3) is 2.86. The normalized spacial score (nSPS) is 17.7. The molecular formula is C12H16ClNO. The van der Waals surface area contributed by atoms with Gasteiger partial charge in [-0.2, -0.15) is 0 Å². The van der Waals surface area contributed by atoms with Gasteiger partial charge >= 0.3 is 0 Å². The molecule has 1 fully saturated rings. The number of hydrogen-bond acceptors (Lipinski definition) is 2. The molecule has 0 aromatic heterocycles. The SMILES string of the molecule is Nc1cc(Cl)ccc1C(O)CCC1CC1. The molecule has 1 aromatic rings. The summed E-state index contributed by atoms with van der Waals surface area (Å²) < 4.78 is 0. The fourth-order valence-electron chi connectivity index (χ4n) is 1.80. The smallest absolute Gasteiger partial charge is 0.0810 e. The predicted octanol–water partition coefficient (Wildman–Crippen LogP) is 3.15. The van der Waals surface area contributed by atoms with Crippen molar-refractivity contribution in [3.05, 3.63) is 28.8 Å². The van der Waals surface area contributed by atoms with Crippen molar-refractivity contribution in [2.45, 2.75) is 31.8 Å². The second-order valence-electron chi connectivity index (χ2n) is 4.31. The standard InChI is InChI=1S/C12H16ClNO/c13-9-4-5-10(11(14)7-9)12(15)6-3-8-1-2-8/h4-5,7-8,12,15H,1-3,6,14H2. The number of nitrogens with two attached hydrogens (primary N) is 1. The van der Waals surface area contributed by atoms with Crippen molar-refractivity contribution in [2.24, 2.45) is 5.92 Å². The Kier molecular flexibility index (Phi) is 3.17. The Hall–Kier alpha value is -0.730. The summed E-state index contributed by atoms with van der Waals surface area (Å²) in [5.41, 5.74) is 7.19. The Morgan fingerprint density at radius 2 is 2.20 bits per heavy atom. The highest BCUT2D eigenvalue weighted by atomic mass is 35.5. The predicted molar refractivity (Wildman–Crippen MR) is 62.8 cm³/mol. The fraction of sp³-hybridized carbons (Fsp3) is 0.500. The third-order valence-corrected chi connectivity index (χ3v) is 3.19. The second-order valence-corrected chi connectivity index (χ2v) is 4.75. The van der Waals surface area contributed by atoms with Crippen LogP contribution in [0.5, 0.6) is 0 Å². The van der Waals surface area contributed by atoms with Crippen LogP contribution in [-0.2, 0) is 0 Å². The van der Waals surface area contributed by atoms with E-state index in [2.05, 4.69) is 0 Å². The van der Waals surface area contributed by atoms with Crippen molar-refractivity contribution in [3.8, 4) is 0 Å². The van der Waals surface area contributed by atoms with E-state index in [1.54, 1.807) is 12.1 Å². The lowest BCUT2D eigenvalue weighted by atomic mass is 10.0. The van der Waals surface area contributed by atoms with E-state index in [0.717, 1.165) is 24.3 Å². The Balaban J connectivity index is 1.99. The molecule has 1 aliphatic rings. The summed E-state index contributed by atoms with van der Waals surface area (Å²) in [6, 6.07) is 5.28. The lowest BCUT2D eigenvalue weighted by Crippen LogP contribution is -2.02. The van der Waals surface area contributed by atoms with Crippen LogP contribution < -0.4 is 5.73 Å². The summed E-state index contributed by atoms with van der Waals surface area (Å²) in [5.74, 6) is 0.841. The van der Waals surface area contributed by atoms with Crippen molar-refractivity contribution in [1.29, 1.82) is 0 Å². The molecule has 0 amide bonds. The van der Waals surface area contributed by atoms with Crippen molar-refractivity contribution in [2.75, 3.05) is 5.73 Å². The van der Waals surface area contributed by atoms with E-state index < -0.39 is 6.10 Å². The quantitative estimate of drug-likeness (QED) is 0.774. The molecule has 0 spiro atoms. The topological polar surface area (TPSA) is 46.2 Å². The maximum Gasteiger partial charge on any atom is 0.0810 e. The highest BCUT2D eigenvalue weighted by Gasteiger charge is 2.22. The number of hydrogen-bond donors (Lipinski definition) is 2. The third-order valence-electron chi connectivity index (χ3n) is 2.95. The van der Waals surface area contributed by atoms with Crippen LogP contribution in [0.2, 0.25) is 5.02 Å². The number of rotatable bonds is 4. The minimum Gasteiger partial charge on any atom is -0.398 e. The van der Waals surface area contributed by atoms with Gasteiger partial charge in [0.25, 0.3) is 0 Å². The van der Waals surface area contributed by atoms with Gasteiger partial charge in [-0.05, 0) is 30.9 Å². The van der Waals surface area contributed by atoms with Gasteiger partial charge in [0.2, 0.25) is 0 Å². The van der Waals surface area contributed by atoms with Gasteiger partial charge in [-0.1, -0.05) is 30.5 Å². The molecule has 1 saturated carbocycles. The van der Waals surface area contributed by atoms with Crippen LogP contribution in [0, 0.1) is 5.92 Å². The summed E-state index contributed by atoms with van der Waals surface area (Å²) in [7, 11) is 0. The second kappa shape index (κ2) is 4.42. The Morgan fingerprint density at radius 3 is 2.80 bits per heavy atom. The van der Waals surface area contributed by atoms with Crippen LogP contribution in [0.25, 0.3) is 0 Å². The first-order chi connectivity index (χ1) is 7.16. The van der Waals surface area contributed by atoms with Crippen LogP contribution in [0.15, 0.2) is 18.2 Å². The lowest BCUT2D eigenvalue weighted by molar-refractivity contribution is 0.163. The molecule has 1 aliphatic carbocycles. The van der Waals surface area contributed by atoms with Crippen molar-refractivity contribution < 1.29 is 5.11 Å². The largest absolute Gasteiger partial charge is 0.398 e. The lowest BCUT2D eigenvalue weighted by Gasteiger charge is -2.13. The van der Waals surface area contributed by atoms with E-state index in [4.69, 9.17) is 17.3 Å². The van der Waals surface area contributed by atoms with Gasteiger partial charge in [0, 0.05) is 16.3 Å². The van der Waals surface area contributed by atoms with Gasteiger partial charge in [-0.15, -0.1) is 0 Å². The van der Waals surface area contributed by atoms with Gasteiger partial charge in [0.05, 0.1) is 6.10 Å². The zero-order chi connectivity index (χ0) is 10.8. The van der Waals surface area contributed by atoms with Gasteiger partial charge in [-0.3, -0.25) is 0 Å². The van der Waals surface area contributed by atoms with Crippen molar-refractivity contribution in [3.63, 3.8) is 0 Å². The number of anilines is 1.